The minimum absolute atomic E-state index is 0. The highest BCUT2D eigenvalue weighted by molar-refractivity contribution is 5.89. The van der Waals surface area contributed by atoms with Crippen molar-refractivity contribution in [2.45, 2.75) is 51.5 Å². The average molecular weight is 344 g/mol. The number of carbonyl (C=O) groups excluding carboxylic acids is 2. The summed E-state index contributed by atoms with van der Waals surface area (Å²) in [5.74, 6) is 1.47. The maximum absolute atomic E-state index is 12.6. The first kappa shape index (κ1) is 18.5. The van der Waals surface area contributed by atoms with Crippen LogP contribution in [0.25, 0.3) is 0 Å². The molecule has 2 saturated heterocycles. The molecule has 3 rings (SSSR count). The lowest BCUT2D eigenvalue weighted by Gasteiger charge is -2.33. The zero-order chi connectivity index (χ0) is 15.7. The van der Waals surface area contributed by atoms with E-state index >= 15 is 0 Å². The predicted octanol–water partition coefficient (Wildman–Crippen LogP) is 1.64. The Morgan fingerprint density at radius 2 is 1.87 bits per heavy atom. The molecule has 3 fully saturated rings. The second-order valence-electron chi connectivity index (χ2n) is 7.54. The van der Waals surface area contributed by atoms with Gasteiger partial charge in [0.15, 0.2) is 0 Å². The topological polar surface area (TPSA) is 66.6 Å². The summed E-state index contributed by atoms with van der Waals surface area (Å²) in [5.41, 5.74) is 5.70. The third kappa shape index (κ3) is 4.00. The Labute approximate surface area is 145 Å². The zero-order valence-electron chi connectivity index (χ0n) is 14.1. The fourth-order valence-electron chi connectivity index (χ4n) is 4.29. The zero-order valence-corrected chi connectivity index (χ0v) is 14.9. The van der Waals surface area contributed by atoms with Crippen LogP contribution in [0.4, 0.5) is 0 Å². The molecule has 0 aromatic heterocycles. The molecule has 0 bridgehead atoms. The quantitative estimate of drug-likeness (QED) is 0.847. The van der Waals surface area contributed by atoms with E-state index in [1.165, 1.54) is 12.8 Å². The number of nitrogens with two attached hydrogens (primary N) is 1. The first-order chi connectivity index (χ1) is 10.6. The molecule has 0 spiro atoms. The molecule has 1 aliphatic carbocycles. The van der Waals surface area contributed by atoms with Crippen molar-refractivity contribution < 1.29 is 9.59 Å². The lowest BCUT2D eigenvalue weighted by atomic mass is 9.86. The Morgan fingerprint density at radius 1 is 1.17 bits per heavy atom. The van der Waals surface area contributed by atoms with Crippen molar-refractivity contribution in [2.24, 2.45) is 23.5 Å². The average Bonchev–Trinajstić information content (AvgIpc) is 3.14. The van der Waals surface area contributed by atoms with Crippen LogP contribution < -0.4 is 5.73 Å². The van der Waals surface area contributed by atoms with Crippen LogP contribution in [0.2, 0.25) is 0 Å². The highest BCUT2D eigenvalue weighted by Gasteiger charge is 2.41. The summed E-state index contributed by atoms with van der Waals surface area (Å²) >= 11 is 0. The number of carbonyl (C=O) groups is 2. The van der Waals surface area contributed by atoms with Gasteiger partial charge in [0.1, 0.15) is 0 Å². The van der Waals surface area contributed by atoms with Gasteiger partial charge in [0.05, 0.1) is 5.92 Å². The van der Waals surface area contributed by atoms with E-state index in [0.717, 1.165) is 38.3 Å². The molecule has 2 amide bonds. The van der Waals surface area contributed by atoms with Crippen LogP contribution in [-0.4, -0.2) is 53.8 Å². The summed E-state index contributed by atoms with van der Waals surface area (Å²) < 4.78 is 0. The number of nitrogens with zero attached hydrogens (tertiary/aromatic N) is 2. The molecular weight excluding hydrogens is 314 g/mol. The maximum atomic E-state index is 12.6. The number of hydrogen-bond donors (Lipinski definition) is 1. The molecule has 1 saturated carbocycles. The number of halogens is 1. The number of rotatable bonds is 3. The Hall–Kier alpha value is -0.810. The fourth-order valence-corrected chi connectivity index (χ4v) is 4.29. The second-order valence-corrected chi connectivity index (χ2v) is 7.54. The van der Waals surface area contributed by atoms with Gasteiger partial charge in [0, 0.05) is 32.1 Å². The van der Waals surface area contributed by atoms with Gasteiger partial charge in [0.2, 0.25) is 11.8 Å². The van der Waals surface area contributed by atoms with Crippen molar-refractivity contribution >= 4 is 24.2 Å². The molecule has 6 heteroatoms. The van der Waals surface area contributed by atoms with Gasteiger partial charge in [-0.2, -0.15) is 0 Å². The minimum atomic E-state index is -0.122. The van der Waals surface area contributed by atoms with Gasteiger partial charge >= 0.3 is 0 Å². The van der Waals surface area contributed by atoms with Crippen LogP contribution in [0.15, 0.2) is 0 Å². The molecule has 5 nitrogen and oxygen atoms in total. The van der Waals surface area contributed by atoms with Gasteiger partial charge < -0.3 is 15.5 Å². The Kier molecular flexibility index (Phi) is 6.32. The van der Waals surface area contributed by atoms with E-state index in [9.17, 15) is 9.59 Å². The molecular formula is C17H30ClN3O2. The van der Waals surface area contributed by atoms with Gasteiger partial charge in [-0.15, -0.1) is 12.4 Å². The highest BCUT2D eigenvalue weighted by atomic mass is 35.5. The summed E-state index contributed by atoms with van der Waals surface area (Å²) in [6.45, 7) is 5.17. The molecule has 0 radical (unpaired) electrons. The number of amides is 2. The molecule has 2 atom stereocenters. The summed E-state index contributed by atoms with van der Waals surface area (Å²) in [4.78, 5) is 28.9. The van der Waals surface area contributed by atoms with Gasteiger partial charge in [-0.05, 0) is 50.5 Å². The normalized spacial score (nSPS) is 34.6. The van der Waals surface area contributed by atoms with E-state index in [1.807, 2.05) is 9.80 Å². The van der Waals surface area contributed by atoms with Crippen LogP contribution >= 0.6 is 12.4 Å². The van der Waals surface area contributed by atoms with Crippen molar-refractivity contribution in [3.8, 4) is 0 Å². The van der Waals surface area contributed by atoms with Crippen LogP contribution in [0.5, 0.6) is 0 Å². The van der Waals surface area contributed by atoms with Gasteiger partial charge in [0.25, 0.3) is 0 Å². The summed E-state index contributed by atoms with van der Waals surface area (Å²) in [6.07, 6.45) is 6.04. The van der Waals surface area contributed by atoms with Crippen molar-refractivity contribution in [3.05, 3.63) is 0 Å². The highest BCUT2D eigenvalue weighted by Crippen LogP contribution is 2.32. The number of hydrogen-bond acceptors (Lipinski definition) is 3. The number of likely N-dealkylation sites (tertiary alicyclic amines) is 2. The van der Waals surface area contributed by atoms with Crippen LogP contribution in [-0.2, 0) is 9.59 Å². The van der Waals surface area contributed by atoms with E-state index < -0.39 is 0 Å². The third-order valence-electron chi connectivity index (χ3n) is 5.86. The monoisotopic (exact) mass is 343 g/mol. The summed E-state index contributed by atoms with van der Waals surface area (Å²) in [5, 5.41) is 0. The molecule has 23 heavy (non-hydrogen) atoms. The third-order valence-corrected chi connectivity index (χ3v) is 5.86. The van der Waals surface area contributed by atoms with Gasteiger partial charge in [-0.1, -0.05) is 6.92 Å². The van der Waals surface area contributed by atoms with Crippen molar-refractivity contribution in [1.29, 1.82) is 0 Å². The Balaban J connectivity index is 0.00000192. The van der Waals surface area contributed by atoms with E-state index in [2.05, 4.69) is 6.92 Å². The first-order valence-electron chi connectivity index (χ1n) is 8.86. The minimum Gasteiger partial charge on any atom is -0.342 e. The molecule has 2 aliphatic heterocycles. The second kappa shape index (κ2) is 7.84. The standard InChI is InChI=1S/C17H29N3O2.ClH/c1-12-2-4-15(5-3-12)20-11-14(8-16(20)21)17(22)19-7-6-13(9-18)10-19;/h12-15H,2-11,18H2,1H3;1H. The molecule has 3 aliphatic rings. The largest absolute Gasteiger partial charge is 0.342 e. The van der Waals surface area contributed by atoms with Gasteiger partial charge in [-0.25, -0.2) is 0 Å². The lowest BCUT2D eigenvalue weighted by Crippen LogP contribution is -2.40. The Bertz CT molecular complexity index is 438. The summed E-state index contributed by atoms with van der Waals surface area (Å²) in [7, 11) is 0. The van der Waals surface area contributed by atoms with E-state index in [4.69, 9.17) is 5.73 Å². The smallest absolute Gasteiger partial charge is 0.228 e. The Morgan fingerprint density at radius 3 is 2.48 bits per heavy atom. The summed E-state index contributed by atoms with van der Waals surface area (Å²) in [6, 6.07) is 0.372. The molecule has 0 aromatic rings. The molecule has 2 unspecified atom stereocenters. The van der Waals surface area contributed by atoms with E-state index in [-0.39, 0.29) is 30.1 Å². The SMILES string of the molecule is CC1CCC(N2CC(C(=O)N3CCC(CN)C3)CC2=O)CC1.Cl. The van der Waals surface area contributed by atoms with Crippen molar-refractivity contribution in [1.82, 2.24) is 9.80 Å². The lowest BCUT2D eigenvalue weighted by molar-refractivity contribution is -0.135. The molecule has 2 heterocycles. The van der Waals surface area contributed by atoms with Crippen molar-refractivity contribution in [3.63, 3.8) is 0 Å². The van der Waals surface area contributed by atoms with Crippen LogP contribution in [0.3, 0.4) is 0 Å². The first-order valence-corrected chi connectivity index (χ1v) is 8.86. The molecule has 132 valence electrons. The molecule has 2 N–H and O–H groups in total. The van der Waals surface area contributed by atoms with Crippen molar-refractivity contribution in [2.75, 3.05) is 26.2 Å². The van der Waals surface area contributed by atoms with Gasteiger partial charge in [-0.3, -0.25) is 9.59 Å². The predicted molar refractivity (Wildman–Crippen MR) is 92.2 cm³/mol. The maximum Gasteiger partial charge on any atom is 0.228 e. The van der Waals surface area contributed by atoms with Crippen LogP contribution in [0.1, 0.15) is 45.4 Å². The molecule has 0 aromatic carbocycles. The fraction of sp³-hybridized carbons (Fsp3) is 0.882. The van der Waals surface area contributed by atoms with Crippen LogP contribution in [0, 0.1) is 17.8 Å². The van der Waals surface area contributed by atoms with E-state index in [1.54, 1.807) is 0 Å². The van der Waals surface area contributed by atoms with E-state index in [0.29, 0.717) is 31.5 Å².